The van der Waals surface area contributed by atoms with Crippen molar-refractivity contribution in [2.45, 2.75) is 45.4 Å². The zero-order valence-electron chi connectivity index (χ0n) is 15.8. The first-order valence-corrected chi connectivity index (χ1v) is 9.98. The maximum Gasteiger partial charge on any atom is 0.261 e. The number of nitrogens with zero attached hydrogens (tertiary/aromatic N) is 1. The molecule has 1 amide bonds. The van der Waals surface area contributed by atoms with Crippen molar-refractivity contribution < 1.29 is 9.53 Å². The molecule has 27 heavy (non-hydrogen) atoms. The standard InChI is InChI=1S/C22H27ClN2O2/c1-17(27-21-10-6-9-20(23)14-21)22(26)24-15-18-7-5-8-19(13-18)16-25-11-3-2-4-12-25/h5-10,13-14,17H,2-4,11-12,15-16H2,1H3,(H,24,26)/t17-/m1/s1. The summed E-state index contributed by atoms with van der Waals surface area (Å²) in [5.74, 6) is 0.449. The Morgan fingerprint density at radius 1 is 1.11 bits per heavy atom. The number of nitrogens with one attached hydrogen (secondary N) is 1. The molecular formula is C22H27ClN2O2. The maximum atomic E-state index is 12.3. The van der Waals surface area contributed by atoms with Crippen LogP contribution in [0.3, 0.4) is 0 Å². The maximum absolute atomic E-state index is 12.3. The number of likely N-dealkylation sites (tertiary alicyclic amines) is 1. The zero-order valence-corrected chi connectivity index (χ0v) is 16.5. The molecule has 144 valence electrons. The number of hydrogen-bond acceptors (Lipinski definition) is 3. The summed E-state index contributed by atoms with van der Waals surface area (Å²) in [7, 11) is 0. The van der Waals surface area contributed by atoms with Crippen LogP contribution in [0.15, 0.2) is 48.5 Å². The summed E-state index contributed by atoms with van der Waals surface area (Å²) in [6, 6.07) is 15.5. The number of carbonyl (C=O) groups excluding carboxylic acids is 1. The molecular weight excluding hydrogens is 360 g/mol. The molecule has 1 heterocycles. The molecule has 0 bridgehead atoms. The number of amides is 1. The fraction of sp³-hybridized carbons (Fsp3) is 0.409. The smallest absolute Gasteiger partial charge is 0.261 e. The molecule has 2 aromatic carbocycles. The summed E-state index contributed by atoms with van der Waals surface area (Å²) in [4.78, 5) is 14.8. The molecule has 2 aromatic rings. The molecule has 1 aliphatic rings. The fourth-order valence-corrected chi connectivity index (χ4v) is 3.52. The topological polar surface area (TPSA) is 41.6 Å². The van der Waals surface area contributed by atoms with Gasteiger partial charge in [-0.15, -0.1) is 0 Å². The van der Waals surface area contributed by atoms with E-state index >= 15 is 0 Å². The average molecular weight is 387 g/mol. The molecule has 4 nitrogen and oxygen atoms in total. The summed E-state index contributed by atoms with van der Waals surface area (Å²) < 4.78 is 5.67. The molecule has 1 atom stereocenters. The highest BCUT2D eigenvalue weighted by Crippen LogP contribution is 2.18. The van der Waals surface area contributed by atoms with E-state index in [0.29, 0.717) is 17.3 Å². The van der Waals surface area contributed by atoms with Gasteiger partial charge in [0.1, 0.15) is 5.75 Å². The SMILES string of the molecule is C[C@@H](Oc1cccc(Cl)c1)C(=O)NCc1cccc(CN2CCCCC2)c1. The van der Waals surface area contributed by atoms with Crippen molar-refractivity contribution in [1.29, 1.82) is 0 Å². The third kappa shape index (κ3) is 6.26. The molecule has 5 heteroatoms. The summed E-state index contributed by atoms with van der Waals surface area (Å²) in [6.07, 6.45) is 3.35. The number of halogens is 1. The van der Waals surface area contributed by atoms with Crippen LogP contribution in [0, 0.1) is 0 Å². The summed E-state index contributed by atoms with van der Waals surface area (Å²) in [5, 5.41) is 3.54. The number of benzene rings is 2. The number of ether oxygens (including phenoxy) is 1. The second-order valence-corrected chi connectivity index (χ2v) is 7.53. The van der Waals surface area contributed by atoms with Gasteiger partial charge in [0.2, 0.25) is 0 Å². The van der Waals surface area contributed by atoms with Gasteiger partial charge in [0.15, 0.2) is 6.10 Å². The van der Waals surface area contributed by atoms with E-state index in [-0.39, 0.29) is 5.91 Å². The van der Waals surface area contributed by atoms with Crippen molar-refractivity contribution in [3.63, 3.8) is 0 Å². The van der Waals surface area contributed by atoms with Gasteiger partial charge >= 0.3 is 0 Å². The van der Waals surface area contributed by atoms with Gasteiger partial charge in [-0.1, -0.05) is 48.4 Å². The lowest BCUT2D eigenvalue weighted by Gasteiger charge is -2.26. The lowest BCUT2D eigenvalue weighted by Crippen LogP contribution is -2.36. The number of carbonyl (C=O) groups is 1. The molecule has 0 aromatic heterocycles. The van der Waals surface area contributed by atoms with Crippen LogP contribution in [0.5, 0.6) is 5.75 Å². The third-order valence-electron chi connectivity index (χ3n) is 4.79. The predicted molar refractivity (Wildman–Crippen MR) is 109 cm³/mol. The van der Waals surface area contributed by atoms with Crippen LogP contribution in [-0.4, -0.2) is 30.0 Å². The van der Waals surface area contributed by atoms with Crippen molar-refractivity contribution in [1.82, 2.24) is 10.2 Å². The van der Waals surface area contributed by atoms with E-state index in [4.69, 9.17) is 16.3 Å². The molecule has 0 aliphatic carbocycles. The molecule has 3 rings (SSSR count). The molecule has 1 saturated heterocycles. The van der Waals surface area contributed by atoms with Crippen molar-refractivity contribution in [2.75, 3.05) is 13.1 Å². The minimum Gasteiger partial charge on any atom is -0.481 e. The monoisotopic (exact) mass is 386 g/mol. The van der Waals surface area contributed by atoms with E-state index in [1.165, 1.54) is 37.9 Å². The molecule has 1 N–H and O–H groups in total. The summed E-state index contributed by atoms with van der Waals surface area (Å²) in [6.45, 7) is 5.58. The minimum absolute atomic E-state index is 0.142. The molecule has 0 saturated carbocycles. The first-order chi connectivity index (χ1) is 13.1. The zero-order chi connectivity index (χ0) is 19.1. The van der Waals surface area contributed by atoms with E-state index in [2.05, 4.69) is 28.4 Å². The molecule has 1 fully saturated rings. The normalized spacial score (nSPS) is 15.9. The summed E-state index contributed by atoms with van der Waals surface area (Å²) in [5.41, 5.74) is 2.40. The van der Waals surface area contributed by atoms with Crippen molar-refractivity contribution in [3.05, 3.63) is 64.7 Å². The van der Waals surface area contributed by atoms with Crippen molar-refractivity contribution in [2.24, 2.45) is 0 Å². The van der Waals surface area contributed by atoms with Crippen molar-refractivity contribution >= 4 is 17.5 Å². The van der Waals surface area contributed by atoms with Gasteiger partial charge in [-0.3, -0.25) is 9.69 Å². The molecule has 1 aliphatic heterocycles. The van der Waals surface area contributed by atoms with Crippen LogP contribution in [0.4, 0.5) is 0 Å². The van der Waals surface area contributed by atoms with E-state index in [9.17, 15) is 4.79 Å². The highest BCUT2D eigenvalue weighted by molar-refractivity contribution is 6.30. The van der Waals surface area contributed by atoms with Crippen LogP contribution in [0.2, 0.25) is 5.02 Å². The first-order valence-electron chi connectivity index (χ1n) is 9.60. The fourth-order valence-electron chi connectivity index (χ4n) is 3.34. The minimum atomic E-state index is -0.583. The molecule has 0 unspecified atom stereocenters. The number of rotatable bonds is 7. The lowest BCUT2D eigenvalue weighted by molar-refractivity contribution is -0.127. The van der Waals surface area contributed by atoms with Gasteiger partial charge in [0.25, 0.3) is 5.91 Å². The van der Waals surface area contributed by atoms with E-state index in [1.807, 2.05) is 6.07 Å². The van der Waals surface area contributed by atoms with Gasteiger partial charge in [0, 0.05) is 18.1 Å². The summed E-state index contributed by atoms with van der Waals surface area (Å²) >= 11 is 5.95. The first kappa shape index (κ1) is 19.7. The van der Waals surface area contributed by atoms with Gasteiger partial charge in [-0.2, -0.15) is 0 Å². The van der Waals surface area contributed by atoms with Crippen LogP contribution >= 0.6 is 11.6 Å². The van der Waals surface area contributed by atoms with E-state index in [1.54, 1.807) is 31.2 Å². The highest BCUT2D eigenvalue weighted by Gasteiger charge is 2.15. The van der Waals surface area contributed by atoms with Crippen LogP contribution in [0.1, 0.15) is 37.3 Å². The van der Waals surface area contributed by atoms with E-state index in [0.717, 1.165) is 12.1 Å². The van der Waals surface area contributed by atoms with Crippen LogP contribution in [0.25, 0.3) is 0 Å². The van der Waals surface area contributed by atoms with Gasteiger partial charge < -0.3 is 10.1 Å². The van der Waals surface area contributed by atoms with Crippen LogP contribution in [-0.2, 0) is 17.9 Å². The largest absolute Gasteiger partial charge is 0.481 e. The molecule has 0 radical (unpaired) electrons. The number of hydrogen-bond donors (Lipinski definition) is 1. The van der Waals surface area contributed by atoms with Crippen molar-refractivity contribution in [3.8, 4) is 5.75 Å². The van der Waals surface area contributed by atoms with Gasteiger partial charge in [-0.25, -0.2) is 0 Å². The second-order valence-electron chi connectivity index (χ2n) is 7.09. The second kappa shape index (κ2) is 9.77. The Kier molecular flexibility index (Phi) is 7.13. The van der Waals surface area contributed by atoms with E-state index < -0.39 is 6.10 Å². The Morgan fingerprint density at radius 2 is 1.85 bits per heavy atom. The van der Waals surface area contributed by atoms with Gasteiger partial charge in [0.05, 0.1) is 0 Å². The average Bonchev–Trinajstić information content (AvgIpc) is 2.67. The Balaban J connectivity index is 1.49. The predicted octanol–water partition coefficient (Wildman–Crippen LogP) is 4.41. The number of piperidine rings is 1. The van der Waals surface area contributed by atoms with Crippen LogP contribution < -0.4 is 10.1 Å². The molecule has 0 spiro atoms. The Bertz CT molecular complexity index is 759. The highest BCUT2D eigenvalue weighted by atomic mass is 35.5. The Morgan fingerprint density at radius 3 is 2.63 bits per heavy atom. The third-order valence-corrected chi connectivity index (χ3v) is 5.03. The Hall–Kier alpha value is -2.04. The quantitative estimate of drug-likeness (QED) is 0.766. The lowest BCUT2D eigenvalue weighted by atomic mass is 10.1. The Labute approximate surface area is 166 Å². The van der Waals surface area contributed by atoms with Gasteiger partial charge in [-0.05, 0) is 62.2 Å².